The molecule has 0 aliphatic rings. The fraction of sp³-hybridized carbons (Fsp3) is 0.0833. The van der Waals surface area contributed by atoms with Gasteiger partial charge in [-0.25, -0.2) is 18.5 Å². The van der Waals surface area contributed by atoms with E-state index in [0.29, 0.717) is 11.1 Å². The molecule has 0 unspecified atom stereocenters. The molecular weight excluding hydrogens is 359 g/mol. The second kappa shape index (κ2) is 6.37. The molecule has 0 amide bonds. The third-order valence-electron chi connectivity index (χ3n) is 2.54. The molecule has 1 aromatic heterocycles. The predicted molar refractivity (Wildman–Crippen MR) is 83.4 cm³/mol. The highest BCUT2D eigenvalue weighted by Gasteiger charge is 2.16. The molecule has 0 radical (unpaired) electrons. The van der Waals surface area contributed by atoms with Crippen molar-refractivity contribution < 1.29 is 13.2 Å². The van der Waals surface area contributed by atoms with Gasteiger partial charge in [0.05, 0.1) is 9.93 Å². The van der Waals surface area contributed by atoms with Crippen LogP contribution in [-0.2, 0) is 10.0 Å². The number of nitrogens with two attached hydrogens (primary N) is 1. The minimum absolute atomic E-state index is 0.0169. The predicted octanol–water partition coefficient (Wildman–Crippen LogP) is 3.23. The van der Waals surface area contributed by atoms with Crippen LogP contribution in [0.1, 0.15) is 0 Å². The Hall–Kier alpha value is -1.05. The highest BCUT2D eigenvalue weighted by Crippen LogP contribution is 2.30. The van der Waals surface area contributed by atoms with Gasteiger partial charge in [-0.15, -0.1) is 0 Å². The number of aromatic nitrogens is 1. The first kappa shape index (κ1) is 16.3. The van der Waals surface area contributed by atoms with Crippen LogP contribution in [0, 0.1) is 0 Å². The number of hydrogen-bond acceptors (Lipinski definition) is 4. The molecule has 1 aromatic carbocycles. The number of halogens is 3. The van der Waals surface area contributed by atoms with Crippen molar-refractivity contribution in [1.82, 2.24) is 4.98 Å². The molecule has 21 heavy (non-hydrogen) atoms. The van der Waals surface area contributed by atoms with Gasteiger partial charge in [-0.1, -0.05) is 34.8 Å². The lowest BCUT2D eigenvalue weighted by atomic mass is 10.2. The van der Waals surface area contributed by atoms with E-state index in [2.05, 4.69) is 4.98 Å². The Balaban J connectivity index is 2.61. The highest BCUT2D eigenvalue weighted by molar-refractivity contribution is 7.89. The average molecular weight is 368 g/mol. The molecule has 5 nitrogen and oxygen atoms in total. The smallest absolute Gasteiger partial charge is 0.238 e. The van der Waals surface area contributed by atoms with Crippen molar-refractivity contribution in [3.63, 3.8) is 0 Å². The quantitative estimate of drug-likeness (QED) is 0.841. The Morgan fingerprint density at radius 2 is 2.05 bits per heavy atom. The maximum absolute atomic E-state index is 11.6. The summed E-state index contributed by atoms with van der Waals surface area (Å²) in [6, 6.07) is 5.75. The molecule has 0 saturated heterocycles. The molecule has 0 bridgehead atoms. The number of benzene rings is 1. The lowest BCUT2D eigenvalue weighted by Crippen LogP contribution is -2.13. The zero-order chi connectivity index (χ0) is 15.6. The summed E-state index contributed by atoms with van der Waals surface area (Å²) in [7, 11) is -3.89. The summed E-state index contributed by atoms with van der Waals surface area (Å²) < 4.78 is 28.6. The van der Waals surface area contributed by atoms with Crippen LogP contribution in [0.2, 0.25) is 5.15 Å². The fourth-order valence-electron chi connectivity index (χ4n) is 1.68. The van der Waals surface area contributed by atoms with Crippen LogP contribution in [-0.4, -0.2) is 20.0 Å². The van der Waals surface area contributed by atoms with Gasteiger partial charge in [0.1, 0.15) is 23.0 Å². The largest absolute Gasteiger partial charge is 0.486 e. The second-order valence-electron chi connectivity index (χ2n) is 3.98. The van der Waals surface area contributed by atoms with Crippen LogP contribution in [0.25, 0.3) is 10.9 Å². The van der Waals surface area contributed by atoms with Gasteiger partial charge in [-0.05, 0) is 24.3 Å². The normalized spacial score (nSPS) is 12.7. The van der Waals surface area contributed by atoms with Gasteiger partial charge in [0, 0.05) is 10.9 Å². The summed E-state index contributed by atoms with van der Waals surface area (Å²) >= 11 is 17.0. The molecule has 0 aliphatic carbocycles. The SMILES string of the molecule is NS(=O)(=O)c1ccc(OC/C(Cl)=C/Cl)c2nc(Cl)ccc12. The van der Waals surface area contributed by atoms with Crippen LogP contribution in [0.4, 0.5) is 0 Å². The van der Waals surface area contributed by atoms with Crippen LogP contribution in [0.15, 0.2) is 39.7 Å². The third-order valence-corrected chi connectivity index (χ3v) is 4.31. The van der Waals surface area contributed by atoms with Crippen LogP contribution in [0.5, 0.6) is 5.75 Å². The minimum atomic E-state index is -3.89. The van der Waals surface area contributed by atoms with Crippen LogP contribution < -0.4 is 9.88 Å². The lowest BCUT2D eigenvalue weighted by Gasteiger charge is -2.11. The first-order chi connectivity index (χ1) is 9.82. The van der Waals surface area contributed by atoms with E-state index in [1.807, 2.05) is 0 Å². The zero-order valence-electron chi connectivity index (χ0n) is 10.4. The van der Waals surface area contributed by atoms with E-state index in [4.69, 9.17) is 44.7 Å². The standard InChI is InChI=1S/C12H9Cl3N2O3S/c13-5-7(14)6-20-9-2-3-10(21(16,18)19)8-1-4-11(15)17-12(8)9/h1-5H,6H2,(H2,16,18,19)/b7-5-. The van der Waals surface area contributed by atoms with Crippen LogP contribution in [0.3, 0.4) is 0 Å². The number of rotatable bonds is 4. The summed E-state index contributed by atoms with van der Waals surface area (Å²) in [5.74, 6) is 0.316. The molecule has 9 heteroatoms. The summed E-state index contributed by atoms with van der Waals surface area (Å²) in [6.07, 6.45) is 0. The number of fused-ring (bicyclic) bond motifs is 1. The Bertz CT molecular complexity index is 822. The molecule has 0 spiro atoms. The first-order valence-electron chi connectivity index (χ1n) is 5.52. The van der Waals surface area contributed by atoms with Gasteiger partial charge < -0.3 is 4.74 Å². The number of primary sulfonamides is 1. The maximum Gasteiger partial charge on any atom is 0.238 e. The van der Waals surface area contributed by atoms with E-state index in [1.165, 1.54) is 29.8 Å². The molecule has 112 valence electrons. The molecule has 0 saturated carbocycles. The van der Waals surface area contributed by atoms with Gasteiger partial charge in [-0.3, -0.25) is 0 Å². The summed E-state index contributed by atoms with van der Waals surface area (Å²) in [5.41, 5.74) is 1.44. The van der Waals surface area contributed by atoms with E-state index in [1.54, 1.807) is 0 Å². The van der Waals surface area contributed by atoms with Crippen molar-refractivity contribution in [1.29, 1.82) is 0 Å². The molecule has 0 fully saturated rings. The van der Waals surface area contributed by atoms with Crippen molar-refractivity contribution in [2.75, 3.05) is 6.61 Å². The van der Waals surface area contributed by atoms with E-state index < -0.39 is 10.0 Å². The molecule has 0 aliphatic heterocycles. The van der Waals surface area contributed by atoms with Crippen molar-refractivity contribution in [3.05, 3.63) is 40.0 Å². The number of nitrogens with zero attached hydrogens (tertiary/aromatic N) is 1. The molecule has 0 atom stereocenters. The average Bonchev–Trinajstić information content (AvgIpc) is 2.42. The Labute approximate surface area is 136 Å². The van der Waals surface area contributed by atoms with Crippen molar-refractivity contribution in [3.8, 4) is 5.75 Å². The highest BCUT2D eigenvalue weighted by atomic mass is 35.5. The zero-order valence-corrected chi connectivity index (χ0v) is 13.5. The Kier molecular flexibility index (Phi) is 4.95. The van der Waals surface area contributed by atoms with E-state index in [9.17, 15) is 8.42 Å². The molecule has 1 heterocycles. The Morgan fingerprint density at radius 3 is 2.67 bits per heavy atom. The summed E-state index contributed by atoms with van der Waals surface area (Å²) in [6.45, 7) is 0.0169. The number of hydrogen-bond donors (Lipinski definition) is 1. The second-order valence-corrected chi connectivity index (χ2v) is 6.60. The van der Waals surface area contributed by atoms with E-state index >= 15 is 0 Å². The molecular formula is C12H9Cl3N2O3S. The Morgan fingerprint density at radius 1 is 1.33 bits per heavy atom. The minimum Gasteiger partial charge on any atom is -0.486 e. The summed E-state index contributed by atoms with van der Waals surface area (Å²) in [5, 5.41) is 5.96. The van der Waals surface area contributed by atoms with Crippen molar-refractivity contribution in [2.24, 2.45) is 5.14 Å². The van der Waals surface area contributed by atoms with Crippen LogP contribution >= 0.6 is 34.8 Å². The van der Waals surface area contributed by atoms with Gasteiger partial charge in [0.15, 0.2) is 0 Å². The third kappa shape index (κ3) is 3.78. The number of pyridine rings is 1. The maximum atomic E-state index is 11.6. The first-order valence-corrected chi connectivity index (χ1v) is 8.26. The topological polar surface area (TPSA) is 82.3 Å². The lowest BCUT2D eigenvalue weighted by molar-refractivity contribution is 0.363. The molecule has 2 N–H and O–H groups in total. The van der Waals surface area contributed by atoms with E-state index in [-0.39, 0.29) is 27.2 Å². The van der Waals surface area contributed by atoms with Gasteiger partial charge in [-0.2, -0.15) is 0 Å². The van der Waals surface area contributed by atoms with E-state index in [0.717, 1.165) is 0 Å². The van der Waals surface area contributed by atoms with Gasteiger partial charge in [0.25, 0.3) is 0 Å². The molecule has 2 aromatic rings. The molecule has 2 rings (SSSR count). The van der Waals surface area contributed by atoms with Crippen molar-refractivity contribution in [2.45, 2.75) is 4.90 Å². The number of sulfonamides is 1. The monoisotopic (exact) mass is 366 g/mol. The fourth-order valence-corrected chi connectivity index (χ4v) is 2.68. The van der Waals surface area contributed by atoms with Crippen molar-refractivity contribution >= 4 is 55.7 Å². The number of ether oxygens (including phenoxy) is 1. The van der Waals surface area contributed by atoms with Gasteiger partial charge >= 0.3 is 0 Å². The summed E-state index contributed by atoms with van der Waals surface area (Å²) in [4.78, 5) is 4.02. The van der Waals surface area contributed by atoms with Gasteiger partial charge in [0.2, 0.25) is 10.0 Å².